The molecule has 3 nitrogen and oxygen atoms in total. The zero-order chi connectivity index (χ0) is 11.8. The molecule has 0 aromatic heterocycles. The zero-order valence-corrected chi connectivity index (χ0v) is 9.54. The van der Waals surface area contributed by atoms with E-state index in [4.69, 9.17) is 15.2 Å². The number of rotatable bonds is 7. The van der Waals surface area contributed by atoms with Gasteiger partial charge in [-0.3, -0.25) is 0 Å². The molecule has 0 aliphatic rings. The van der Waals surface area contributed by atoms with Gasteiger partial charge in [-0.25, -0.2) is 4.39 Å². The van der Waals surface area contributed by atoms with Gasteiger partial charge >= 0.3 is 0 Å². The molecule has 16 heavy (non-hydrogen) atoms. The first kappa shape index (κ1) is 12.9. The van der Waals surface area contributed by atoms with Crippen molar-refractivity contribution in [2.45, 2.75) is 20.0 Å². The summed E-state index contributed by atoms with van der Waals surface area (Å²) in [5.41, 5.74) is 6.67. The number of hydrogen-bond acceptors (Lipinski definition) is 3. The maximum absolute atomic E-state index is 12.9. The van der Waals surface area contributed by atoms with Crippen LogP contribution < -0.4 is 5.73 Å². The summed E-state index contributed by atoms with van der Waals surface area (Å²) in [5.74, 6) is -0.333. The lowest BCUT2D eigenvalue weighted by Gasteiger charge is -2.06. The molecule has 0 amide bonds. The third kappa shape index (κ3) is 5.09. The van der Waals surface area contributed by atoms with E-state index in [9.17, 15) is 4.39 Å². The number of nitrogens with two attached hydrogens (primary N) is 1. The second-order valence-electron chi connectivity index (χ2n) is 3.56. The first-order valence-electron chi connectivity index (χ1n) is 5.43. The highest BCUT2D eigenvalue weighted by Gasteiger charge is 1.98. The molecule has 0 aliphatic carbocycles. The van der Waals surface area contributed by atoms with Gasteiger partial charge in [0.2, 0.25) is 0 Å². The van der Waals surface area contributed by atoms with Gasteiger partial charge in [-0.15, -0.1) is 0 Å². The molecular formula is C12H18FNO2. The molecule has 0 aliphatic heterocycles. The van der Waals surface area contributed by atoms with Crippen molar-refractivity contribution < 1.29 is 13.9 Å². The smallest absolute Gasteiger partial charge is 0.125 e. The van der Waals surface area contributed by atoms with Crippen molar-refractivity contribution in [3.63, 3.8) is 0 Å². The first-order valence-corrected chi connectivity index (χ1v) is 5.43. The minimum Gasteiger partial charge on any atom is -0.399 e. The van der Waals surface area contributed by atoms with Crippen molar-refractivity contribution in [2.24, 2.45) is 0 Å². The Bertz CT molecular complexity index is 298. The van der Waals surface area contributed by atoms with Crippen LogP contribution in [0.2, 0.25) is 0 Å². The average molecular weight is 227 g/mol. The molecule has 0 bridgehead atoms. The molecular weight excluding hydrogens is 209 g/mol. The summed E-state index contributed by atoms with van der Waals surface area (Å²) in [6.07, 6.45) is 1.00. The highest BCUT2D eigenvalue weighted by atomic mass is 19.1. The van der Waals surface area contributed by atoms with Crippen molar-refractivity contribution >= 4 is 5.69 Å². The molecule has 0 atom stereocenters. The molecule has 1 aromatic rings. The van der Waals surface area contributed by atoms with E-state index in [1.165, 1.54) is 12.1 Å². The molecule has 4 heteroatoms. The lowest BCUT2D eigenvalue weighted by atomic mass is 10.2. The van der Waals surface area contributed by atoms with E-state index in [-0.39, 0.29) is 5.82 Å². The summed E-state index contributed by atoms with van der Waals surface area (Å²) < 4.78 is 23.5. The fourth-order valence-electron chi connectivity index (χ4n) is 1.31. The second-order valence-corrected chi connectivity index (χ2v) is 3.56. The van der Waals surface area contributed by atoms with Crippen molar-refractivity contribution in [1.29, 1.82) is 0 Å². The molecule has 0 saturated heterocycles. The van der Waals surface area contributed by atoms with Crippen LogP contribution in [-0.2, 0) is 16.1 Å². The Kier molecular flexibility index (Phi) is 5.82. The number of hydrogen-bond donors (Lipinski definition) is 1. The molecule has 0 unspecified atom stereocenters. The highest BCUT2D eigenvalue weighted by molar-refractivity contribution is 5.41. The van der Waals surface area contributed by atoms with E-state index in [2.05, 4.69) is 6.92 Å². The molecule has 1 rings (SSSR count). The summed E-state index contributed by atoms with van der Waals surface area (Å²) in [7, 11) is 0. The maximum Gasteiger partial charge on any atom is 0.125 e. The third-order valence-electron chi connectivity index (χ3n) is 1.97. The van der Waals surface area contributed by atoms with Crippen LogP contribution >= 0.6 is 0 Å². The highest BCUT2D eigenvalue weighted by Crippen LogP contribution is 2.11. The summed E-state index contributed by atoms with van der Waals surface area (Å²) in [4.78, 5) is 0. The van der Waals surface area contributed by atoms with E-state index in [1.807, 2.05) is 0 Å². The van der Waals surface area contributed by atoms with Crippen LogP contribution in [-0.4, -0.2) is 19.8 Å². The second kappa shape index (κ2) is 7.19. The van der Waals surface area contributed by atoms with Crippen molar-refractivity contribution in [1.82, 2.24) is 0 Å². The Morgan fingerprint density at radius 3 is 2.56 bits per heavy atom. The van der Waals surface area contributed by atoms with E-state index in [0.717, 1.165) is 18.6 Å². The van der Waals surface area contributed by atoms with Crippen LogP contribution in [0.1, 0.15) is 18.9 Å². The van der Waals surface area contributed by atoms with E-state index >= 15 is 0 Å². The minimum atomic E-state index is -0.333. The van der Waals surface area contributed by atoms with Crippen molar-refractivity contribution in [3.8, 4) is 0 Å². The van der Waals surface area contributed by atoms with Crippen LogP contribution in [0.4, 0.5) is 10.1 Å². The number of nitrogen functional groups attached to an aromatic ring is 1. The normalized spacial score (nSPS) is 10.6. The predicted octanol–water partition coefficient (Wildman–Crippen LogP) is 2.35. The lowest BCUT2D eigenvalue weighted by molar-refractivity contribution is 0.0408. The summed E-state index contributed by atoms with van der Waals surface area (Å²) in [6, 6.07) is 4.41. The first-order chi connectivity index (χ1) is 7.72. The fourth-order valence-corrected chi connectivity index (χ4v) is 1.31. The molecule has 0 fully saturated rings. The van der Waals surface area contributed by atoms with Gasteiger partial charge in [0.1, 0.15) is 5.82 Å². The van der Waals surface area contributed by atoms with Gasteiger partial charge in [0.15, 0.2) is 0 Å². The summed E-state index contributed by atoms with van der Waals surface area (Å²) in [6.45, 7) is 4.24. The summed E-state index contributed by atoms with van der Waals surface area (Å²) in [5, 5.41) is 0. The van der Waals surface area contributed by atoms with Crippen LogP contribution in [0.25, 0.3) is 0 Å². The Hall–Kier alpha value is -1.13. The number of ether oxygens (including phenoxy) is 2. The predicted molar refractivity (Wildman–Crippen MR) is 61.6 cm³/mol. The topological polar surface area (TPSA) is 44.5 Å². The van der Waals surface area contributed by atoms with E-state index < -0.39 is 0 Å². The van der Waals surface area contributed by atoms with Gasteiger partial charge in [-0.05, 0) is 30.2 Å². The van der Waals surface area contributed by atoms with Crippen LogP contribution in [0.3, 0.4) is 0 Å². The number of benzene rings is 1. The molecule has 2 N–H and O–H groups in total. The maximum atomic E-state index is 12.9. The van der Waals surface area contributed by atoms with Crippen LogP contribution in [0, 0.1) is 5.82 Å². The summed E-state index contributed by atoms with van der Waals surface area (Å²) >= 11 is 0. The van der Waals surface area contributed by atoms with Gasteiger partial charge in [0.05, 0.1) is 19.8 Å². The monoisotopic (exact) mass is 227 g/mol. The molecule has 1 aromatic carbocycles. The SMILES string of the molecule is CCCOCCOCc1cc(N)cc(F)c1. The largest absolute Gasteiger partial charge is 0.399 e. The zero-order valence-electron chi connectivity index (χ0n) is 9.54. The standard InChI is InChI=1S/C12H18FNO2/c1-2-3-15-4-5-16-9-10-6-11(13)8-12(14)7-10/h6-8H,2-5,9,14H2,1H3. The molecule has 0 radical (unpaired) electrons. The average Bonchev–Trinajstić information content (AvgIpc) is 2.22. The van der Waals surface area contributed by atoms with Gasteiger partial charge in [-0.2, -0.15) is 0 Å². The van der Waals surface area contributed by atoms with Gasteiger partial charge in [-0.1, -0.05) is 6.92 Å². The Balaban J connectivity index is 2.21. The minimum absolute atomic E-state index is 0.333. The lowest BCUT2D eigenvalue weighted by Crippen LogP contribution is -2.05. The number of halogens is 1. The fraction of sp³-hybridized carbons (Fsp3) is 0.500. The van der Waals surface area contributed by atoms with Crippen molar-refractivity contribution in [2.75, 3.05) is 25.6 Å². The third-order valence-corrected chi connectivity index (χ3v) is 1.97. The van der Waals surface area contributed by atoms with E-state index in [0.29, 0.717) is 25.5 Å². The van der Waals surface area contributed by atoms with Crippen LogP contribution in [0.5, 0.6) is 0 Å². The molecule has 0 spiro atoms. The molecule has 0 saturated carbocycles. The van der Waals surface area contributed by atoms with Crippen LogP contribution in [0.15, 0.2) is 18.2 Å². The quantitative estimate of drug-likeness (QED) is 0.574. The van der Waals surface area contributed by atoms with E-state index in [1.54, 1.807) is 6.07 Å². The Labute approximate surface area is 95.4 Å². The Morgan fingerprint density at radius 1 is 1.12 bits per heavy atom. The van der Waals surface area contributed by atoms with Gasteiger partial charge in [0.25, 0.3) is 0 Å². The van der Waals surface area contributed by atoms with Crippen molar-refractivity contribution in [3.05, 3.63) is 29.6 Å². The molecule has 0 heterocycles. The van der Waals surface area contributed by atoms with Gasteiger partial charge in [0, 0.05) is 12.3 Å². The molecule has 90 valence electrons. The Morgan fingerprint density at radius 2 is 1.88 bits per heavy atom. The number of anilines is 1. The van der Waals surface area contributed by atoms with Gasteiger partial charge < -0.3 is 15.2 Å².